The fourth-order valence-corrected chi connectivity index (χ4v) is 8.27. The van der Waals surface area contributed by atoms with Gasteiger partial charge in [-0.25, -0.2) is 0 Å². The van der Waals surface area contributed by atoms with Crippen LogP contribution < -0.4 is 10.4 Å². The minimum absolute atomic E-state index is 0. The third-order valence-corrected chi connectivity index (χ3v) is 11.1. The number of nitrogens with zero attached hydrogens (tertiary/aromatic N) is 2. The summed E-state index contributed by atoms with van der Waals surface area (Å²) in [5.74, 6) is 0. The molecule has 0 saturated carbocycles. The van der Waals surface area contributed by atoms with E-state index < -0.39 is 0 Å². The third kappa shape index (κ3) is 7.61. The first kappa shape index (κ1) is 38.2. The minimum atomic E-state index is 0. The number of hydrogen-bond donors (Lipinski definition) is 2. The summed E-state index contributed by atoms with van der Waals surface area (Å²) < 4.78 is 0. The van der Waals surface area contributed by atoms with Crippen LogP contribution in [-0.4, -0.2) is 25.5 Å². The minimum Gasteiger partial charge on any atom is -0.386 e. The van der Waals surface area contributed by atoms with E-state index in [9.17, 15) is 5.21 Å². The van der Waals surface area contributed by atoms with Gasteiger partial charge in [-0.2, -0.15) is 0 Å². The summed E-state index contributed by atoms with van der Waals surface area (Å²) in [7, 11) is 3.49. The standard InChI is InChI=1S/C52H43N3O.Y/c1-53-50-31-29-40(32-51(50)55(2)56)37-25-27-39(28-26-37)49(30-22-35-12-4-3-5-13-35)54-34-36-20-23-38(24-21-36)47-33-48-43-16-7-6-14-41(43)42-15-8-10-18-45(42)52(48)46-19-11-9-17-44(46)47;/h3-10,12-18,20-21,23-34,53,56H,11,19,22H2,1-2H3;/b49-30-,54-34?;. The molecule has 0 bridgehead atoms. The molecule has 0 atom stereocenters. The van der Waals surface area contributed by atoms with Crippen LogP contribution in [0.15, 0.2) is 169 Å². The molecule has 1 aliphatic carbocycles. The zero-order valence-electron chi connectivity index (χ0n) is 32.3. The van der Waals surface area contributed by atoms with E-state index >= 15 is 0 Å². The number of nitrogens with one attached hydrogen (secondary N) is 1. The molecule has 0 fully saturated rings. The summed E-state index contributed by atoms with van der Waals surface area (Å²) in [5.41, 5.74) is 13.2. The Morgan fingerprint density at radius 1 is 0.702 bits per heavy atom. The molecule has 8 aromatic rings. The molecule has 4 nitrogen and oxygen atoms in total. The van der Waals surface area contributed by atoms with Gasteiger partial charge in [0, 0.05) is 53.0 Å². The van der Waals surface area contributed by atoms with Crippen LogP contribution >= 0.6 is 0 Å². The second-order valence-corrected chi connectivity index (χ2v) is 14.5. The van der Waals surface area contributed by atoms with E-state index in [-0.39, 0.29) is 32.7 Å². The van der Waals surface area contributed by atoms with E-state index in [1.807, 2.05) is 31.5 Å². The van der Waals surface area contributed by atoms with Crippen LogP contribution in [0.4, 0.5) is 11.4 Å². The number of fused-ring (bicyclic) bond motifs is 8. The zero-order valence-corrected chi connectivity index (χ0v) is 35.1. The van der Waals surface area contributed by atoms with Gasteiger partial charge < -0.3 is 5.32 Å². The average Bonchev–Trinajstić information content (AvgIpc) is 3.26. The Bertz CT molecular complexity index is 2820. The summed E-state index contributed by atoms with van der Waals surface area (Å²) in [6, 6.07) is 54.1. The molecule has 0 saturated heterocycles. The van der Waals surface area contributed by atoms with Crippen molar-refractivity contribution < 1.29 is 37.9 Å². The molecule has 57 heavy (non-hydrogen) atoms. The Hall–Kier alpha value is -5.65. The van der Waals surface area contributed by atoms with Crippen molar-refractivity contribution in [2.24, 2.45) is 4.99 Å². The maximum Gasteiger partial charge on any atom is 0.0868 e. The Labute approximate surface area is 359 Å². The van der Waals surface area contributed by atoms with Gasteiger partial charge in [-0.3, -0.25) is 15.3 Å². The number of rotatable bonds is 9. The quantitative estimate of drug-likeness (QED) is 0.0867. The van der Waals surface area contributed by atoms with Gasteiger partial charge in [0.25, 0.3) is 0 Å². The van der Waals surface area contributed by atoms with E-state index in [4.69, 9.17) is 4.99 Å². The first-order valence-corrected chi connectivity index (χ1v) is 19.3. The number of hydrogen-bond acceptors (Lipinski definition) is 4. The predicted octanol–water partition coefficient (Wildman–Crippen LogP) is 13.0. The van der Waals surface area contributed by atoms with Crippen molar-refractivity contribution in [3.63, 3.8) is 0 Å². The largest absolute Gasteiger partial charge is 0.386 e. The molecule has 8 aromatic carbocycles. The number of anilines is 2. The van der Waals surface area contributed by atoms with Crippen molar-refractivity contribution in [2.75, 3.05) is 24.5 Å². The smallest absolute Gasteiger partial charge is 0.0868 e. The normalized spacial score (nSPS) is 12.6. The Morgan fingerprint density at radius 2 is 1.33 bits per heavy atom. The average molecular weight is 815 g/mol. The Kier molecular flexibility index (Phi) is 11.3. The number of hydroxylamine groups is 1. The number of allylic oxidation sites excluding steroid dienone is 2. The molecule has 9 rings (SSSR count). The Balaban J connectivity index is 0.00000455. The van der Waals surface area contributed by atoms with Crippen LogP contribution in [0, 0.1) is 0 Å². The van der Waals surface area contributed by atoms with Gasteiger partial charge in [0.15, 0.2) is 0 Å². The van der Waals surface area contributed by atoms with Crippen LogP contribution in [0.5, 0.6) is 0 Å². The van der Waals surface area contributed by atoms with Crippen LogP contribution in [0.2, 0.25) is 0 Å². The summed E-state index contributed by atoms with van der Waals surface area (Å²) in [6.07, 6.45) is 11.7. The summed E-state index contributed by atoms with van der Waals surface area (Å²) in [5, 5.41) is 22.5. The molecule has 0 aromatic heterocycles. The van der Waals surface area contributed by atoms with Crippen molar-refractivity contribution in [1.82, 2.24) is 0 Å². The SMILES string of the molecule is CNc1ccc(-c2ccc(/C(=C/Cc3ccccc3)N=Cc3ccc(-c4cc5c6ccccc6c6ccccc6c5c5c4C=CCC5)cc3)cc2)cc1N(C)O.[Y]. The van der Waals surface area contributed by atoms with Crippen LogP contribution in [0.3, 0.4) is 0 Å². The van der Waals surface area contributed by atoms with Crippen molar-refractivity contribution >= 4 is 61.7 Å². The van der Waals surface area contributed by atoms with Crippen LogP contribution in [-0.2, 0) is 45.6 Å². The second kappa shape index (κ2) is 16.8. The monoisotopic (exact) mass is 814 g/mol. The molecule has 0 heterocycles. The molecular formula is C52H43N3OY. The second-order valence-electron chi connectivity index (χ2n) is 14.5. The molecule has 0 amide bonds. The topological polar surface area (TPSA) is 47.9 Å². The summed E-state index contributed by atoms with van der Waals surface area (Å²) in [6.45, 7) is 0. The molecule has 2 N–H and O–H groups in total. The maximum atomic E-state index is 10.2. The van der Waals surface area contributed by atoms with Crippen molar-refractivity contribution in [1.29, 1.82) is 0 Å². The maximum absolute atomic E-state index is 10.2. The van der Waals surface area contributed by atoms with Gasteiger partial charge >= 0.3 is 0 Å². The van der Waals surface area contributed by atoms with Crippen LogP contribution in [0.25, 0.3) is 66.3 Å². The zero-order chi connectivity index (χ0) is 38.0. The molecular weight excluding hydrogens is 771 g/mol. The molecule has 1 aliphatic rings. The number of benzene rings is 8. The van der Waals surface area contributed by atoms with E-state index in [0.717, 1.165) is 58.0 Å². The van der Waals surface area contributed by atoms with Crippen LogP contribution in [0.1, 0.15) is 34.2 Å². The third-order valence-electron chi connectivity index (χ3n) is 11.1. The van der Waals surface area contributed by atoms with E-state index in [2.05, 4.69) is 157 Å². The number of aliphatic imine (C=N–C) groups is 1. The molecule has 0 unspecified atom stereocenters. The van der Waals surface area contributed by atoms with E-state index in [1.54, 1.807) is 7.05 Å². The number of aryl methyl sites for hydroxylation is 1. The first-order chi connectivity index (χ1) is 27.6. The van der Waals surface area contributed by atoms with E-state index in [1.165, 1.54) is 60.1 Å². The fraction of sp³-hybridized carbons (Fsp3) is 0.0962. The van der Waals surface area contributed by atoms with Crippen molar-refractivity contribution in [3.05, 3.63) is 192 Å². The molecule has 5 heteroatoms. The van der Waals surface area contributed by atoms with Crippen molar-refractivity contribution in [2.45, 2.75) is 19.3 Å². The van der Waals surface area contributed by atoms with E-state index in [0.29, 0.717) is 5.69 Å². The van der Waals surface area contributed by atoms with Gasteiger partial charge in [0.2, 0.25) is 0 Å². The fourth-order valence-electron chi connectivity index (χ4n) is 8.27. The molecule has 0 aliphatic heterocycles. The molecule has 1 radical (unpaired) electrons. The van der Waals surface area contributed by atoms with Gasteiger partial charge in [0.1, 0.15) is 0 Å². The van der Waals surface area contributed by atoms with Crippen molar-refractivity contribution in [3.8, 4) is 22.3 Å². The summed E-state index contributed by atoms with van der Waals surface area (Å²) in [4.78, 5) is 5.10. The molecule has 275 valence electrons. The van der Waals surface area contributed by atoms with Gasteiger partial charge in [-0.15, -0.1) is 0 Å². The molecule has 0 spiro atoms. The van der Waals surface area contributed by atoms with Gasteiger partial charge in [0.05, 0.1) is 17.1 Å². The first-order valence-electron chi connectivity index (χ1n) is 19.3. The Morgan fingerprint density at radius 3 is 2.04 bits per heavy atom. The van der Waals surface area contributed by atoms with Gasteiger partial charge in [-0.1, -0.05) is 152 Å². The predicted molar refractivity (Wildman–Crippen MR) is 239 cm³/mol. The summed E-state index contributed by atoms with van der Waals surface area (Å²) >= 11 is 0. The van der Waals surface area contributed by atoms with Gasteiger partial charge in [-0.05, 0) is 120 Å².